The van der Waals surface area contributed by atoms with Gasteiger partial charge in [0, 0.05) is 18.3 Å². The highest BCUT2D eigenvalue weighted by Gasteiger charge is 2.45. The van der Waals surface area contributed by atoms with Crippen molar-refractivity contribution in [1.29, 1.82) is 0 Å². The van der Waals surface area contributed by atoms with Gasteiger partial charge < -0.3 is 14.5 Å². The van der Waals surface area contributed by atoms with Gasteiger partial charge in [-0.3, -0.25) is 4.99 Å². The minimum Gasteiger partial charge on any atom is -0.497 e. The molecule has 1 atom stereocenters. The molecule has 6 nitrogen and oxygen atoms in total. The van der Waals surface area contributed by atoms with Crippen molar-refractivity contribution in [1.82, 2.24) is 9.97 Å². The summed E-state index contributed by atoms with van der Waals surface area (Å²) in [6, 6.07) is 7.94. The Balaban J connectivity index is 1.82. The predicted octanol–water partition coefficient (Wildman–Crippen LogP) is 5.56. The van der Waals surface area contributed by atoms with E-state index in [-0.39, 0.29) is 6.04 Å². The number of methoxy groups -OCH3 is 1. The van der Waals surface area contributed by atoms with E-state index in [0.717, 1.165) is 28.4 Å². The molecular formula is C24H36N4O2Si. The largest absolute Gasteiger partial charge is 0.497 e. The highest BCUT2D eigenvalue weighted by Crippen LogP contribution is 2.42. The number of nitrogens with zero attached hydrogens (tertiary/aromatic N) is 3. The summed E-state index contributed by atoms with van der Waals surface area (Å²) in [6.07, 6.45) is 3.51. The maximum absolute atomic E-state index is 6.78. The lowest BCUT2D eigenvalue weighted by Crippen LogP contribution is -2.49. The topological polar surface area (TPSA) is 68.6 Å². The lowest BCUT2D eigenvalue weighted by molar-refractivity contribution is 0.259. The summed E-state index contributed by atoms with van der Waals surface area (Å²) in [5, 5.41) is 3.47. The molecule has 1 N–H and O–H groups in total. The van der Waals surface area contributed by atoms with Crippen LogP contribution in [0.2, 0.25) is 16.6 Å². The third-order valence-corrected chi connectivity index (χ3v) is 12.5. The Morgan fingerprint density at radius 2 is 1.65 bits per heavy atom. The zero-order valence-corrected chi connectivity index (χ0v) is 20.8. The number of aliphatic imine (C=N–C) groups is 1. The van der Waals surface area contributed by atoms with Gasteiger partial charge in [-0.1, -0.05) is 41.5 Å². The van der Waals surface area contributed by atoms with Gasteiger partial charge in [0.05, 0.1) is 31.0 Å². The Labute approximate surface area is 187 Å². The minimum absolute atomic E-state index is 0.0426. The molecule has 0 unspecified atom stereocenters. The first kappa shape index (κ1) is 23.4. The van der Waals surface area contributed by atoms with Crippen molar-refractivity contribution >= 4 is 20.3 Å². The molecular weight excluding hydrogens is 404 g/mol. The fraction of sp³-hybridized carbons (Fsp3) is 0.542. The molecule has 2 aromatic rings. The van der Waals surface area contributed by atoms with Crippen LogP contribution in [0.15, 0.2) is 35.6 Å². The van der Waals surface area contributed by atoms with E-state index in [1.54, 1.807) is 13.4 Å². The maximum atomic E-state index is 6.78. The van der Waals surface area contributed by atoms with E-state index in [9.17, 15) is 0 Å². The second kappa shape index (κ2) is 9.91. The summed E-state index contributed by atoms with van der Waals surface area (Å²) >= 11 is 0. The number of benzene rings is 1. The third-order valence-electron chi connectivity index (χ3n) is 6.40. The van der Waals surface area contributed by atoms with E-state index >= 15 is 0 Å². The van der Waals surface area contributed by atoms with Crippen molar-refractivity contribution < 1.29 is 9.16 Å². The molecule has 0 saturated heterocycles. The van der Waals surface area contributed by atoms with Gasteiger partial charge in [-0.15, -0.1) is 0 Å². The van der Waals surface area contributed by atoms with Gasteiger partial charge >= 0.3 is 0 Å². The monoisotopic (exact) mass is 440 g/mol. The van der Waals surface area contributed by atoms with E-state index in [4.69, 9.17) is 14.2 Å². The van der Waals surface area contributed by atoms with Gasteiger partial charge in [-0.25, -0.2) is 9.97 Å². The van der Waals surface area contributed by atoms with Crippen LogP contribution in [0.4, 0.5) is 5.82 Å². The molecule has 0 amide bonds. The number of fused-ring (bicyclic) bond motifs is 1. The second-order valence-corrected chi connectivity index (χ2v) is 14.6. The Bertz CT molecular complexity index is 875. The van der Waals surface area contributed by atoms with E-state index in [1.807, 2.05) is 30.5 Å². The van der Waals surface area contributed by atoms with Crippen LogP contribution in [0.25, 0.3) is 11.3 Å². The van der Waals surface area contributed by atoms with Crippen LogP contribution in [-0.4, -0.2) is 50.8 Å². The van der Waals surface area contributed by atoms with Crippen molar-refractivity contribution in [3.63, 3.8) is 0 Å². The zero-order chi connectivity index (χ0) is 22.6. The van der Waals surface area contributed by atoms with E-state index in [0.29, 0.717) is 29.8 Å². The summed E-state index contributed by atoms with van der Waals surface area (Å²) in [6.45, 7) is 15.2. The summed E-state index contributed by atoms with van der Waals surface area (Å²) < 4.78 is 12.1. The van der Waals surface area contributed by atoms with Crippen LogP contribution in [0.1, 0.15) is 47.1 Å². The molecule has 31 heavy (non-hydrogen) atoms. The highest BCUT2D eigenvalue weighted by atomic mass is 28.4. The molecule has 1 aromatic heterocycles. The normalized spacial score (nSPS) is 16.4. The lowest BCUT2D eigenvalue weighted by atomic mass is 10.1. The number of anilines is 1. The van der Waals surface area contributed by atoms with Crippen molar-refractivity contribution in [2.75, 3.05) is 25.6 Å². The molecule has 0 fully saturated rings. The van der Waals surface area contributed by atoms with E-state index < -0.39 is 8.32 Å². The van der Waals surface area contributed by atoms with Crippen LogP contribution in [-0.2, 0) is 4.43 Å². The van der Waals surface area contributed by atoms with Crippen molar-refractivity contribution in [3.8, 4) is 17.0 Å². The fourth-order valence-electron chi connectivity index (χ4n) is 4.93. The number of aromatic nitrogens is 2. The molecule has 1 aromatic carbocycles. The van der Waals surface area contributed by atoms with E-state index in [1.165, 1.54) is 0 Å². The van der Waals surface area contributed by atoms with Gasteiger partial charge in [-0.05, 0) is 40.9 Å². The Morgan fingerprint density at radius 1 is 1.00 bits per heavy atom. The quantitative estimate of drug-likeness (QED) is 0.545. The van der Waals surface area contributed by atoms with Gasteiger partial charge in [0.2, 0.25) is 0 Å². The Hall–Kier alpha value is -2.25. The van der Waals surface area contributed by atoms with Crippen LogP contribution in [0.3, 0.4) is 0 Å². The van der Waals surface area contributed by atoms with Gasteiger partial charge in [-0.2, -0.15) is 0 Å². The first-order valence-electron chi connectivity index (χ1n) is 11.2. The first-order valence-corrected chi connectivity index (χ1v) is 13.3. The van der Waals surface area contributed by atoms with Crippen molar-refractivity contribution in [3.05, 3.63) is 36.2 Å². The predicted molar refractivity (Wildman–Crippen MR) is 131 cm³/mol. The van der Waals surface area contributed by atoms with Crippen LogP contribution < -0.4 is 10.1 Å². The molecule has 0 aliphatic carbocycles. The highest BCUT2D eigenvalue weighted by molar-refractivity contribution is 6.77. The summed E-state index contributed by atoms with van der Waals surface area (Å²) in [4.78, 5) is 13.9. The third kappa shape index (κ3) is 4.82. The summed E-state index contributed by atoms with van der Waals surface area (Å²) in [5.74, 6) is 1.63. The van der Waals surface area contributed by atoms with Gasteiger partial charge in [0.1, 0.15) is 17.9 Å². The summed E-state index contributed by atoms with van der Waals surface area (Å²) in [5.41, 5.74) is 4.45. The molecule has 0 spiro atoms. The molecule has 0 radical (unpaired) electrons. The number of rotatable bonds is 8. The minimum atomic E-state index is -1.92. The number of nitrogens with one attached hydrogen (secondary N) is 1. The fourth-order valence-corrected chi connectivity index (χ4v) is 10.4. The molecule has 3 rings (SSSR count). The summed E-state index contributed by atoms with van der Waals surface area (Å²) in [7, 11) is -0.255. The van der Waals surface area contributed by atoms with Gasteiger partial charge in [0.25, 0.3) is 0 Å². The number of hydrogen-bond acceptors (Lipinski definition) is 6. The Kier molecular flexibility index (Phi) is 7.49. The first-order chi connectivity index (χ1) is 14.8. The number of ether oxygens (including phenoxy) is 1. The van der Waals surface area contributed by atoms with Crippen LogP contribution in [0, 0.1) is 0 Å². The molecule has 1 aliphatic rings. The SMILES string of the molecule is COc1ccc(-c2ncnc3c2C=N[C@H](CO[Si](C(C)C)(C(C)C)C(C)C)CN3)cc1. The second-order valence-electron chi connectivity index (χ2n) is 9.15. The molecule has 0 saturated carbocycles. The van der Waals surface area contributed by atoms with Crippen molar-refractivity contribution in [2.45, 2.75) is 64.2 Å². The van der Waals surface area contributed by atoms with E-state index in [2.05, 4.69) is 56.8 Å². The smallest absolute Gasteiger partial charge is 0.200 e. The van der Waals surface area contributed by atoms with Gasteiger partial charge in [0.15, 0.2) is 8.32 Å². The maximum Gasteiger partial charge on any atom is 0.200 e. The average molecular weight is 441 g/mol. The van der Waals surface area contributed by atoms with Crippen LogP contribution in [0.5, 0.6) is 5.75 Å². The number of hydrogen-bond donors (Lipinski definition) is 1. The van der Waals surface area contributed by atoms with Crippen molar-refractivity contribution in [2.24, 2.45) is 4.99 Å². The standard InChI is InChI=1S/C24H36N4O2Si/c1-16(2)31(17(3)4,18(5)6)30-14-20-12-26-24-22(13-25-20)23(27-15-28-24)19-8-10-21(29-7)11-9-19/h8-11,13,15-18,20H,12,14H2,1-7H3,(H,26,27,28)/t20-/m0/s1. The lowest BCUT2D eigenvalue weighted by Gasteiger charge is -2.42. The molecule has 1 aliphatic heterocycles. The molecule has 0 bridgehead atoms. The zero-order valence-electron chi connectivity index (χ0n) is 19.8. The molecule has 7 heteroatoms. The molecule has 2 heterocycles. The average Bonchev–Trinajstić information content (AvgIpc) is 2.96. The van der Waals surface area contributed by atoms with Crippen LogP contribution >= 0.6 is 0 Å². The molecule has 168 valence electrons. The Morgan fingerprint density at radius 3 is 2.23 bits per heavy atom.